The fraction of sp³-hybridized carbons (Fsp3) is 0.385. The maximum absolute atomic E-state index is 12.4. The molecule has 4 rings (SSSR count). The van der Waals surface area contributed by atoms with Gasteiger partial charge in [-0.1, -0.05) is 0 Å². The Labute approximate surface area is 210 Å². The predicted octanol–water partition coefficient (Wildman–Crippen LogP) is 1.48. The van der Waals surface area contributed by atoms with Crippen molar-refractivity contribution in [3.63, 3.8) is 0 Å². The Morgan fingerprint density at radius 3 is 2.25 bits per heavy atom. The topological polar surface area (TPSA) is 111 Å². The van der Waals surface area contributed by atoms with E-state index in [4.69, 9.17) is 4.74 Å². The van der Waals surface area contributed by atoms with Crippen LogP contribution in [0.3, 0.4) is 0 Å². The van der Waals surface area contributed by atoms with Crippen molar-refractivity contribution in [2.24, 2.45) is 0 Å². The van der Waals surface area contributed by atoms with Crippen molar-refractivity contribution in [2.45, 2.75) is 12.8 Å². The number of nitrogens with zero attached hydrogens (tertiary/aromatic N) is 3. The summed E-state index contributed by atoms with van der Waals surface area (Å²) in [5.41, 5.74) is 2.86. The molecule has 2 aliphatic rings. The first-order chi connectivity index (χ1) is 17.4. The molecule has 0 aromatic heterocycles. The summed E-state index contributed by atoms with van der Waals surface area (Å²) in [7, 11) is 1.51. The molecule has 2 saturated heterocycles. The molecule has 0 spiro atoms. The zero-order valence-electron chi connectivity index (χ0n) is 20.4. The van der Waals surface area contributed by atoms with Gasteiger partial charge in [0.25, 0.3) is 5.91 Å². The Morgan fingerprint density at radius 2 is 1.61 bits per heavy atom. The van der Waals surface area contributed by atoms with E-state index in [0.29, 0.717) is 37.4 Å². The van der Waals surface area contributed by atoms with Gasteiger partial charge in [-0.2, -0.15) is 0 Å². The molecule has 2 heterocycles. The van der Waals surface area contributed by atoms with Gasteiger partial charge in [-0.25, -0.2) is 0 Å². The minimum absolute atomic E-state index is 0.0786. The summed E-state index contributed by atoms with van der Waals surface area (Å²) in [5.74, 6) is -1.04. The van der Waals surface area contributed by atoms with Crippen LogP contribution < -0.4 is 20.4 Å². The van der Waals surface area contributed by atoms with Crippen LogP contribution in [0, 0.1) is 0 Å². The van der Waals surface area contributed by atoms with Crippen molar-refractivity contribution in [2.75, 3.05) is 68.1 Å². The van der Waals surface area contributed by atoms with E-state index in [-0.39, 0.29) is 30.8 Å². The highest BCUT2D eigenvalue weighted by Crippen LogP contribution is 2.22. The van der Waals surface area contributed by atoms with Gasteiger partial charge >= 0.3 is 0 Å². The second kappa shape index (κ2) is 11.7. The number of likely N-dealkylation sites (N-methyl/N-ethyl adjacent to an activating group) is 1. The molecule has 0 aliphatic carbocycles. The summed E-state index contributed by atoms with van der Waals surface area (Å²) < 4.78 is 5.37. The van der Waals surface area contributed by atoms with E-state index < -0.39 is 5.91 Å². The second-order valence-electron chi connectivity index (χ2n) is 8.82. The summed E-state index contributed by atoms with van der Waals surface area (Å²) in [4.78, 5) is 54.3. The molecule has 0 atom stereocenters. The first kappa shape index (κ1) is 25.2. The Bertz CT molecular complexity index is 1100. The van der Waals surface area contributed by atoms with Crippen molar-refractivity contribution in [1.29, 1.82) is 0 Å². The van der Waals surface area contributed by atoms with Crippen LogP contribution in [-0.2, 0) is 19.1 Å². The fourth-order valence-corrected chi connectivity index (χ4v) is 4.19. The number of carbonyl (C=O) groups excluding carboxylic acids is 4. The molecule has 0 radical (unpaired) electrons. The third-order valence-electron chi connectivity index (χ3n) is 6.25. The van der Waals surface area contributed by atoms with E-state index in [1.807, 2.05) is 24.3 Å². The monoisotopic (exact) mass is 493 g/mol. The molecule has 2 fully saturated rings. The van der Waals surface area contributed by atoms with Crippen LogP contribution in [0.4, 0.5) is 17.1 Å². The smallest absolute Gasteiger partial charge is 0.251 e. The van der Waals surface area contributed by atoms with Crippen LogP contribution >= 0.6 is 0 Å². The van der Waals surface area contributed by atoms with Gasteiger partial charge in [-0.05, 0) is 55.0 Å². The molecule has 0 unspecified atom stereocenters. The first-order valence-corrected chi connectivity index (χ1v) is 12.1. The summed E-state index contributed by atoms with van der Waals surface area (Å²) >= 11 is 0. The Morgan fingerprint density at radius 1 is 0.944 bits per heavy atom. The van der Waals surface area contributed by atoms with Gasteiger partial charge in [-0.15, -0.1) is 0 Å². The maximum Gasteiger partial charge on any atom is 0.251 e. The van der Waals surface area contributed by atoms with Crippen LogP contribution in [0.1, 0.15) is 23.2 Å². The van der Waals surface area contributed by atoms with Crippen LogP contribution in [0.25, 0.3) is 0 Å². The van der Waals surface area contributed by atoms with Crippen molar-refractivity contribution in [3.05, 3.63) is 54.1 Å². The van der Waals surface area contributed by atoms with Crippen LogP contribution in [-0.4, -0.2) is 81.5 Å². The molecule has 36 heavy (non-hydrogen) atoms. The number of morpholine rings is 1. The fourth-order valence-electron chi connectivity index (χ4n) is 4.19. The van der Waals surface area contributed by atoms with Gasteiger partial charge in [0.15, 0.2) is 0 Å². The van der Waals surface area contributed by atoms with Gasteiger partial charge in [0, 0.05) is 55.7 Å². The Kier molecular flexibility index (Phi) is 8.17. The number of carbonyl (C=O) groups is 4. The van der Waals surface area contributed by atoms with Gasteiger partial charge in [0.05, 0.1) is 26.3 Å². The highest BCUT2D eigenvalue weighted by atomic mass is 16.5. The molecule has 2 N–H and O–H groups in total. The van der Waals surface area contributed by atoms with Crippen molar-refractivity contribution in [1.82, 2.24) is 10.2 Å². The van der Waals surface area contributed by atoms with E-state index in [2.05, 4.69) is 15.5 Å². The quantitative estimate of drug-likeness (QED) is 0.576. The molecule has 2 aromatic rings. The third-order valence-corrected chi connectivity index (χ3v) is 6.25. The lowest BCUT2D eigenvalue weighted by Crippen LogP contribution is -2.41. The summed E-state index contributed by atoms with van der Waals surface area (Å²) in [6.45, 7) is 3.37. The molecular formula is C26H31N5O5. The predicted molar refractivity (Wildman–Crippen MR) is 136 cm³/mol. The Balaban J connectivity index is 1.20. The average Bonchev–Trinajstić information content (AvgIpc) is 3.33. The number of benzene rings is 2. The minimum atomic E-state index is -0.402. The summed E-state index contributed by atoms with van der Waals surface area (Å²) in [6.07, 6.45) is 1.37. The number of rotatable bonds is 8. The zero-order chi connectivity index (χ0) is 25.5. The van der Waals surface area contributed by atoms with Gasteiger partial charge < -0.3 is 30.1 Å². The molecule has 0 bridgehead atoms. The van der Waals surface area contributed by atoms with Gasteiger partial charge in [-0.3, -0.25) is 19.2 Å². The number of ether oxygens (including phenoxy) is 1. The second-order valence-corrected chi connectivity index (χ2v) is 8.82. The highest BCUT2D eigenvalue weighted by molar-refractivity contribution is 5.99. The van der Waals surface area contributed by atoms with Crippen LogP contribution in [0.15, 0.2) is 48.5 Å². The number of amides is 4. The molecule has 10 heteroatoms. The molecule has 4 amide bonds. The largest absolute Gasteiger partial charge is 0.378 e. The average molecular weight is 494 g/mol. The lowest BCUT2D eigenvalue weighted by Gasteiger charge is -2.28. The normalized spacial score (nSPS) is 15.5. The number of anilines is 3. The van der Waals surface area contributed by atoms with Gasteiger partial charge in [0.2, 0.25) is 17.7 Å². The molecule has 0 saturated carbocycles. The van der Waals surface area contributed by atoms with Crippen molar-refractivity contribution >= 4 is 40.7 Å². The lowest BCUT2D eigenvalue weighted by molar-refractivity contribution is -0.132. The highest BCUT2D eigenvalue weighted by Gasteiger charge is 2.22. The Hall–Kier alpha value is -3.92. The van der Waals surface area contributed by atoms with Crippen molar-refractivity contribution < 1.29 is 23.9 Å². The molecular weight excluding hydrogens is 462 g/mol. The van der Waals surface area contributed by atoms with E-state index >= 15 is 0 Å². The number of hydrogen-bond donors (Lipinski definition) is 2. The molecule has 10 nitrogen and oxygen atoms in total. The lowest BCUT2D eigenvalue weighted by atomic mass is 10.2. The molecule has 190 valence electrons. The SMILES string of the molecule is CN(CC(=O)Nc1ccc(N2CCOCC2)cc1)C(=O)CNC(=O)c1ccc(N2CCCC2=O)cc1. The number of hydrogen-bond acceptors (Lipinski definition) is 6. The van der Waals surface area contributed by atoms with Crippen LogP contribution in [0.2, 0.25) is 0 Å². The van der Waals surface area contributed by atoms with E-state index in [1.54, 1.807) is 29.2 Å². The molecule has 2 aromatic carbocycles. The number of nitrogens with one attached hydrogen (secondary N) is 2. The zero-order valence-corrected chi connectivity index (χ0v) is 20.4. The summed E-state index contributed by atoms with van der Waals surface area (Å²) in [5, 5.41) is 5.37. The van der Waals surface area contributed by atoms with Crippen molar-refractivity contribution in [3.8, 4) is 0 Å². The van der Waals surface area contributed by atoms with Crippen LogP contribution in [0.5, 0.6) is 0 Å². The molecule has 2 aliphatic heterocycles. The van der Waals surface area contributed by atoms with E-state index in [0.717, 1.165) is 30.9 Å². The maximum atomic E-state index is 12.4. The third kappa shape index (κ3) is 6.39. The minimum Gasteiger partial charge on any atom is -0.378 e. The summed E-state index contributed by atoms with van der Waals surface area (Å²) in [6, 6.07) is 14.3. The first-order valence-electron chi connectivity index (χ1n) is 12.1. The standard InChI is InChI=1S/C26H31N5O5/c1-29(18-23(32)28-20-6-10-21(11-7-20)30-13-15-36-16-14-30)25(34)17-27-26(35)19-4-8-22(9-5-19)31-12-2-3-24(31)33/h4-11H,2-3,12-18H2,1H3,(H,27,35)(H,28,32). The van der Waals surface area contributed by atoms with E-state index in [1.165, 1.54) is 11.9 Å². The van der Waals surface area contributed by atoms with E-state index in [9.17, 15) is 19.2 Å². The van der Waals surface area contributed by atoms with Gasteiger partial charge in [0.1, 0.15) is 0 Å².